The topological polar surface area (TPSA) is 72.5 Å². The number of halogens is 1. The van der Waals surface area contributed by atoms with Gasteiger partial charge in [0.25, 0.3) is 0 Å². The number of benzene rings is 2. The van der Waals surface area contributed by atoms with Gasteiger partial charge in [-0.1, -0.05) is 101 Å². The van der Waals surface area contributed by atoms with E-state index in [9.17, 15) is 14.4 Å². The highest BCUT2D eigenvalue weighted by Crippen LogP contribution is 2.27. The zero-order chi connectivity index (χ0) is 25.0. The van der Waals surface area contributed by atoms with Gasteiger partial charge in [-0.3, -0.25) is 9.59 Å². The van der Waals surface area contributed by atoms with Gasteiger partial charge in [0.2, 0.25) is 5.91 Å². The number of anilines is 1. The molecule has 34 heavy (non-hydrogen) atoms. The number of Topliss-reactive ketones (excluding diaryl/α,β-unsaturated/α-hetero) is 1. The number of hydrogen-bond donors (Lipinski definition) is 1. The van der Waals surface area contributed by atoms with Crippen molar-refractivity contribution in [3.05, 3.63) is 64.7 Å². The van der Waals surface area contributed by atoms with Crippen LogP contribution in [0, 0.1) is 5.41 Å². The van der Waals surface area contributed by atoms with Crippen LogP contribution in [0.2, 0.25) is 5.02 Å². The highest BCUT2D eigenvalue weighted by atomic mass is 35.5. The van der Waals surface area contributed by atoms with Crippen LogP contribution in [-0.4, -0.2) is 24.3 Å². The summed E-state index contributed by atoms with van der Waals surface area (Å²) in [6, 6.07) is 13.2. The second kappa shape index (κ2) is 13.9. The first-order chi connectivity index (χ1) is 16.2. The molecule has 0 saturated carbocycles. The Hall–Kier alpha value is -2.66. The molecule has 0 atom stereocenters. The van der Waals surface area contributed by atoms with Gasteiger partial charge in [0, 0.05) is 5.56 Å². The number of ketones is 1. The maximum atomic E-state index is 12.6. The molecule has 0 saturated heterocycles. The second-order valence-corrected chi connectivity index (χ2v) is 9.87. The fourth-order valence-electron chi connectivity index (χ4n) is 3.61. The summed E-state index contributed by atoms with van der Waals surface area (Å²) in [6.45, 7) is 6.73. The van der Waals surface area contributed by atoms with E-state index in [4.69, 9.17) is 16.3 Å². The predicted molar refractivity (Wildman–Crippen MR) is 138 cm³/mol. The van der Waals surface area contributed by atoms with Gasteiger partial charge < -0.3 is 10.1 Å². The van der Waals surface area contributed by atoms with Crippen molar-refractivity contribution in [3.8, 4) is 0 Å². The summed E-state index contributed by atoms with van der Waals surface area (Å²) in [5, 5.41) is 2.91. The van der Waals surface area contributed by atoms with Gasteiger partial charge in [0.05, 0.1) is 29.3 Å². The average molecular weight is 486 g/mol. The number of hydrogen-bond acceptors (Lipinski definition) is 4. The minimum Gasteiger partial charge on any atom is -0.462 e. The summed E-state index contributed by atoms with van der Waals surface area (Å²) in [5.74, 6) is -1.26. The molecule has 1 amide bonds. The maximum absolute atomic E-state index is 12.6. The molecule has 0 spiro atoms. The van der Waals surface area contributed by atoms with Crippen LogP contribution in [-0.2, 0) is 9.53 Å². The minimum absolute atomic E-state index is 0.109. The van der Waals surface area contributed by atoms with Crippen molar-refractivity contribution in [2.75, 3.05) is 11.9 Å². The summed E-state index contributed by atoms with van der Waals surface area (Å²) in [7, 11) is 0. The summed E-state index contributed by atoms with van der Waals surface area (Å²) >= 11 is 6.20. The van der Waals surface area contributed by atoms with Crippen molar-refractivity contribution >= 4 is 34.9 Å². The summed E-state index contributed by atoms with van der Waals surface area (Å²) < 4.78 is 5.56. The lowest BCUT2D eigenvalue weighted by Crippen LogP contribution is -2.22. The lowest BCUT2D eigenvalue weighted by molar-refractivity contribution is -0.115. The number of rotatable bonds is 14. The predicted octanol–water partition coefficient (Wildman–Crippen LogP) is 7.49. The Bertz CT molecular complexity index is 956. The molecule has 0 heterocycles. The van der Waals surface area contributed by atoms with E-state index in [0.717, 1.165) is 12.8 Å². The lowest BCUT2D eigenvalue weighted by atomic mass is 9.87. The van der Waals surface area contributed by atoms with E-state index in [0.29, 0.717) is 17.7 Å². The molecule has 5 nitrogen and oxygen atoms in total. The smallest absolute Gasteiger partial charge is 0.338 e. The molecular weight excluding hydrogens is 450 g/mol. The third-order valence-electron chi connectivity index (χ3n) is 5.69. The van der Waals surface area contributed by atoms with Crippen molar-refractivity contribution in [2.24, 2.45) is 5.41 Å². The summed E-state index contributed by atoms with van der Waals surface area (Å²) in [5.41, 5.74) is 0.921. The van der Waals surface area contributed by atoms with E-state index in [2.05, 4.69) is 26.1 Å². The number of carbonyl (C=O) groups excluding carboxylic acids is 3. The quantitative estimate of drug-likeness (QED) is 0.130. The van der Waals surface area contributed by atoms with Crippen LogP contribution >= 0.6 is 11.6 Å². The van der Waals surface area contributed by atoms with Gasteiger partial charge in [0.1, 0.15) is 0 Å². The maximum Gasteiger partial charge on any atom is 0.338 e. The second-order valence-electron chi connectivity index (χ2n) is 9.47. The van der Waals surface area contributed by atoms with E-state index in [1.165, 1.54) is 44.2 Å². The van der Waals surface area contributed by atoms with E-state index < -0.39 is 11.9 Å². The molecule has 0 aromatic heterocycles. The third-order valence-corrected chi connectivity index (χ3v) is 6.02. The molecule has 1 N–H and O–H groups in total. The van der Waals surface area contributed by atoms with E-state index in [1.807, 2.05) is 0 Å². The van der Waals surface area contributed by atoms with Crippen LogP contribution in [0.1, 0.15) is 92.9 Å². The fourth-order valence-corrected chi connectivity index (χ4v) is 3.78. The number of nitrogens with one attached hydrogen (secondary N) is 1. The minimum atomic E-state index is -0.499. The van der Waals surface area contributed by atoms with Crippen molar-refractivity contribution in [2.45, 2.75) is 72.1 Å². The van der Waals surface area contributed by atoms with Gasteiger partial charge in [-0.25, -0.2) is 4.79 Å². The van der Waals surface area contributed by atoms with Gasteiger partial charge in [-0.15, -0.1) is 0 Å². The monoisotopic (exact) mass is 485 g/mol. The molecule has 2 aromatic rings. The first-order valence-corrected chi connectivity index (χ1v) is 12.4. The molecule has 184 valence electrons. The number of esters is 1. The van der Waals surface area contributed by atoms with E-state index in [1.54, 1.807) is 36.4 Å². The summed E-state index contributed by atoms with van der Waals surface area (Å²) in [6.07, 6.45) is 8.04. The Kier molecular flexibility index (Phi) is 11.3. The van der Waals surface area contributed by atoms with Crippen LogP contribution < -0.4 is 5.32 Å². The van der Waals surface area contributed by atoms with Crippen LogP contribution in [0.3, 0.4) is 0 Å². The fraction of sp³-hybridized carbons (Fsp3) is 0.464. The Morgan fingerprint density at radius 1 is 0.912 bits per heavy atom. The molecular formula is C28H36ClNO4. The van der Waals surface area contributed by atoms with Crippen LogP contribution in [0.4, 0.5) is 5.69 Å². The van der Waals surface area contributed by atoms with Gasteiger partial charge in [-0.2, -0.15) is 0 Å². The molecule has 2 aromatic carbocycles. The molecule has 2 rings (SSSR count). The number of ether oxygens (including phenoxy) is 1. The largest absolute Gasteiger partial charge is 0.462 e. The normalized spacial score (nSPS) is 11.2. The van der Waals surface area contributed by atoms with Crippen LogP contribution in [0.5, 0.6) is 0 Å². The molecule has 0 fully saturated rings. The molecule has 0 unspecified atom stereocenters. The molecule has 0 radical (unpaired) electrons. The number of carbonyl (C=O) groups is 3. The Morgan fingerprint density at radius 2 is 1.59 bits per heavy atom. The van der Waals surface area contributed by atoms with Crippen molar-refractivity contribution in [3.63, 3.8) is 0 Å². The number of amides is 1. The molecule has 0 bridgehead atoms. The first-order valence-electron chi connectivity index (χ1n) is 12.1. The van der Waals surface area contributed by atoms with E-state index >= 15 is 0 Å². The van der Waals surface area contributed by atoms with Crippen molar-refractivity contribution in [1.82, 2.24) is 0 Å². The third kappa shape index (κ3) is 9.68. The zero-order valence-electron chi connectivity index (χ0n) is 20.5. The van der Waals surface area contributed by atoms with Gasteiger partial charge >= 0.3 is 5.97 Å². The van der Waals surface area contributed by atoms with Crippen LogP contribution in [0.15, 0.2) is 48.5 Å². The average Bonchev–Trinajstić information content (AvgIpc) is 2.81. The molecule has 0 aliphatic rings. The van der Waals surface area contributed by atoms with Crippen LogP contribution in [0.25, 0.3) is 0 Å². The molecule has 0 aliphatic carbocycles. The molecule has 6 heteroatoms. The Balaban J connectivity index is 1.87. The first kappa shape index (κ1) is 27.6. The highest BCUT2D eigenvalue weighted by Gasteiger charge is 2.21. The Morgan fingerprint density at radius 3 is 2.29 bits per heavy atom. The number of unbranched alkanes of at least 4 members (excludes halogenated alkanes) is 5. The van der Waals surface area contributed by atoms with E-state index in [-0.39, 0.29) is 28.3 Å². The Labute approximate surface area is 208 Å². The molecule has 0 aliphatic heterocycles. The van der Waals surface area contributed by atoms with Gasteiger partial charge in [-0.05, 0) is 30.0 Å². The standard InChI is InChI=1S/C28H36ClNO4/c1-4-5-6-7-8-12-17-28(2,3)20-34-27(33)22-15-16-23(29)24(18-22)30-26(32)19-25(31)21-13-10-9-11-14-21/h9-11,13-16,18H,4-8,12,17,19-20H2,1-3H3,(H,30,32). The van der Waals surface area contributed by atoms with Crippen molar-refractivity contribution < 1.29 is 19.1 Å². The summed E-state index contributed by atoms with van der Waals surface area (Å²) in [4.78, 5) is 37.2. The zero-order valence-corrected chi connectivity index (χ0v) is 21.2. The SMILES string of the molecule is CCCCCCCCC(C)(C)COC(=O)c1ccc(Cl)c(NC(=O)CC(=O)c2ccccc2)c1. The van der Waals surface area contributed by atoms with Crippen molar-refractivity contribution in [1.29, 1.82) is 0 Å². The lowest BCUT2D eigenvalue weighted by Gasteiger charge is -2.24. The highest BCUT2D eigenvalue weighted by molar-refractivity contribution is 6.34. The van der Waals surface area contributed by atoms with Gasteiger partial charge in [0.15, 0.2) is 5.78 Å².